The Bertz CT molecular complexity index is 279. The number of rotatable bonds is 2. The molecule has 1 rings (SSSR count). The molecule has 1 aromatic rings. The van der Waals surface area contributed by atoms with E-state index in [1.54, 1.807) is 24.5 Å². The first-order valence-corrected chi connectivity index (χ1v) is 3.11. The van der Waals surface area contributed by atoms with Gasteiger partial charge in [-0.15, -0.1) is 0 Å². The Labute approximate surface area is 64.6 Å². The zero-order chi connectivity index (χ0) is 8.27. The number of nitrogens with zero attached hydrogens (tertiary/aromatic N) is 1. The SMILES string of the molecule is C=C(C(N)=O)c1cccnc1. The Morgan fingerprint density at radius 1 is 1.64 bits per heavy atom. The van der Waals surface area contributed by atoms with Gasteiger partial charge in [0.15, 0.2) is 0 Å². The molecule has 11 heavy (non-hydrogen) atoms. The second-order valence-electron chi connectivity index (χ2n) is 2.08. The Morgan fingerprint density at radius 2 is 2.36 bits per heavy atom. The number of carbonyl (C=O) groups is 1. The number of hydrogen-bond donors (Lipinski definition) is 1. The van der Waals surface area contributed by atoms with Crippen molar-refractivity contribution in [2.45, 2.75) is 0 Å². The van der Waals surface area contributed by atoms with Gasteiger partial charge >= 0.3 is 0 Å². The zero-order valence-electron chi connectivity index (χ0n) is 5.95. The van der Waals surface area contributed by atoms with Crippen molar-refractivity contribution >= 4 is 11.5 Å². The van der Waals surface area contributed by atoms with Gasteiger partial charge < -0.3 is 5.73 Å². The molecule has 0 saturated carbocycles. The van der Waals surface area contributed by atoms with E-state index in [9.17, 15) is 4.79 Å². The summed E-state index contributed by atoms with van der Waals surface area (Å²) < 4.78 is 0. The fraction of sp³-hybridized carbons (Fsp3) is 0. The summed E-state index contributed by atoms with van der Waals surface area (Å²) in [5.74, 6) is -0.516. The summed E-state index contributed by atoms with van der Waals surface area (Å²) in [5, 5.41) is 0. The molecule has 0 aromatic carbocycles. The minimum Gasteiger partial charge on any atom is -0.366 e. The van der Waals surface area contributed by atoms with Crippen LogP contribution in [0.4, 0.5) is 0 Å². The monoisotopic (exact) mass is 148 g/mol. The number of aromatic nitrogens is 1. The molecule has 2 N–H and O–H groups in total. The first kappa shape index (κ1) is 7.47. The molecule has 0 radical (unpaired) electrons. The van der Waals surface area contributed by atoms with Crippen LogP contribution in [0.2, 0.25) is 0 Å². The highest BCUT2D eigenvalue weighted by Crippen LogP contribution is 2.08. The van der Waals surface area contributed by atoms with Crippen molar-refractivity contribution in [2.24, 2.45) is 5.73 Å². The molecule has 1 amide bonds. The third-order valence-corrected chi connectivity index (χ3v) is 1.31. The summed E-state index contributed by atoms with van der Waals surface area (Å²) in [5.41, 5.74) is 5.96. The third-order valence-electron chi connectivity index (χ3n) is 1.31. The van der Waals surface area contributed by atoms with Gasteiger partial charge in [-0.2, -0.15) is 0 Å². The standard InChI is InChI=1S/C8H8N2O/c1-6(8(9)11)7-3-2-4-10-5-7/h2-5H,1H2,(H2,9,11). The normalized spacial score (nSPS) is 9.09. The molecule has 56 valence electrons. The second-order valence-corrected chi connectivity index (χ2v) is 2.08. The summed E-state index contributed by atoms with van der Waals surface area (Å²) in [6, 6.07) is 3.46. The van der Waals surface area contributed by atoms with E-state index < -0.39 is 5.91 Å². The van der Waals surface area contributed by atoms with E-state index in [1.807, 2.05) is 0 Å². The molecule has 0 aliphatic rings. The summed E-state index contributed by atoms with van der Waals surface area (Å²) in [4.78, 5) is 14.4. The molecule has 0 spiro atoms. The molecule has 3 nitrogen and oxygen atoms in total. The van der Waals surface area contributed by atoms with E-state index in [0.29, 0.717) is 5.56 Å². The van der Waals surface area contributed by atoms with Crippen LogP contribution in [0.15, 0.2) is 31.1 Å². The maximum absolute atomic E-state index is 10.6. The van der Waals surface area contributed by atoms with Crippen LogP contribution in [-0.4, -0.2) is 10.9 Å². The van der Waals surface area contributed by atoms with Crippen molar-refractivity contribution in [3.8, 4) is 0 Å². The molecule has 0 aliphatic carbocycles. The summed E-state index contributed by atoms with van der Waals surface area (Å²) in [7, 11) is 0. The fourth-order valence-corrected chi connectivity index (χ4v) is 0.684. The summed E-state index contributed by atoms with van der Waals surface area (Å²) >= 11 is 0. The highest BCUT2D eigenvalue weighted by Gasteiger charge is 2.02. The molecule has 0 saturated heterocycles. The van der Waals surface area contributed by atoms with E-state index in [4.69, 9.17) is 5.73 Å². The maximum atomic E-state index is 10.6. The summed E-state index contributed by atoms with van der Waals surface area (Å²) in [6.45, 7) is 3.51. The highest BCUT2D eigenvalue weighted by molar-refractivity contribution is 6.17. The number of carbonyl (C=O) groups excluding carboxylic acids is 1. The van der Waals surface area contributed by atoms with E-state index in [1.165, 1.54) is 0 Å². The molecule has 0 aliphatic heterocycles. The van der Waals surface area contributed by atoms with Crippen molar-refractivity contribution in [3.05, 3.63) is 36.7 Å². The molecule has 3 heteroatoms. The lowest BCUT2D eigenvalue weighted by atomic mass is 10.1. The minimum absolute atomic E-state index is 0.290. The number of nitrogens with two attached hydrogens (primary N) is 1. The van der Waals surface area contributed by atoms with Crippen LogP contribution in [-0.2, 0) is 4.79 Å². The van der Waals surface area contributed by atoms with Gasteiger partial charge in [0.1, 0.15) is 0 Å². The molecular formula is C8H8N2O. The van der Waals surface area contributed by atoms with E-state index in [2.05, 4.69) is 11.6 Å². The van der Waals surface area contributed by atoms with Crippen molar-refractivity contribution < 1.29 is 4.79 Å². The van der Waals surface area contributed by atoms with Crippen LogP contribution < -0.4 is 5.73 Å². The third kappa shape index (κ3) is 1.64. The van der Waals surface area contributed by atoms with E-state index in [0.717, 1.165) is 0 Å². The smallest absolute Gasteiger partial charge is 0.248 e. The topological polar surface area (TPSA) is 56.0 Å². The van der Waals surface area contributed by atoms with Crippen LogP contribution >= 0.6 is 0 Å². The van der Waals surface area contributed by atoms with Crippen LogP contribution in [0.25, 0.3) is 5.57 Å². The first-order chi connectivity index (χ1) is 5.22. The van der Waals surface area contributed by atoms with Gasteiger partial charge in [0, 0.05) is 23.5 Å². The maximum Gasteiger partial charge on any atom is 0.248 e. The number of hydrogen-bond acceptors (Lipinski definition) is 2. The predicted octanol–water partition coefficient (Wildman–Crippen LogP) is 0.580. The van der Waals surface area contributed by atoms with Crippen LogP contribution in [0.3, 0.4) is 0 Å². The quantitative estimate of drug-likeness (QED) is 0.624. The average molecular weight is 148 g/mol. The Morgan fingerprint density at radius 3 is 2.82 bits per heavy atom. The molecule has 0 unspecified atom stereocenters. The lowest BCUT2D eigenvalue weighted by Gasteiger charge is -1.97. The largest absolute Gasteiger partial charge is 0.366 e. The molecule has 0 bridgehead atoms. The van der Waals surface area contributed by atoms with Gasteiger partial charge in [0.05, 0.1) is 0 Å². The number of primary amides is 1. The molecule has 1 aromatic heterocycles. The van der Waals surface area contributed by atoms with E-state index in [-0.39, 0.29) is 5.57 Å². The van der Waals surface area contributed by atoms with Crippen molar-refractivity contribution in [1.82, 2.24) is 4.98 Å². The van der Waals surface area contributed by atoms with Crippen LogP contribution in [0.5, 0.6) is 0 Å². The highest BCUT2D eigenvalue weighted by atomic mass is 16.1. The molecule has 1 heterocycles. The van der Waals surface area contributed by atoms with Gasteiger partial charge in [-0.3, -0.25) is 9.78 Å². The Kier molecular flexibility index (Phi) is 2.01. The lowest BCUT2D eigenvalue weighted by molar-refractivity contribution is -0.112. The van der Waals surface area contributed by atoms with Gasteiger partial charge in [-0.1, -0.05) is 12.6 Å². The predicted molar refractivity (Wildman–Crippen MR) is 42.5 cm³/mol. The van der Waals surface area contributed by atoms with Gasteiger partial charge in [-0.25, -0.2) is 0 Å². The zero-order valence-corrected chi connectivity index (χ0v) is 5.95. The Hall–Kier alpha value is -1.64. The average Bonchev–Trinajstić information content (AvgIpc) is 2.05. The minimum atomic E-state index is -0.516. The Balaban J connectivity index is 2.95. The van der Waals surface area contributed by atoms with E-state index >= 15 is 0 Å². The summed E-state index contributed by atoms with van der Waals surface area (Å²) in [6.07, 6.45) is 3.17. The molecule has 0 atom stereocenters. The number of amides is 1. The molecular weight excluding hydrogens is 140 g/mol. The molecule has 0 fully saturated rings. The van der Waals surface area contributed by atoms with Gasteiger partial charge in [-0.05, 0) is 6.07 Å². The van der Waals surface area contributed by atoms with Crippen molar-refractivity contribution in [3.63, 3.8) is 0 Å². The second kappa shape index (κ2) is 2.96. The van der Waals surface area contributed by atoms with Crippen LogP contribution in [0, 0.1) is 0 Å². The van der Waals surface area contributed by atoms with Crippen molar-refractivity contribution in [2.75, 3.05) is 0 Å². The van der Waals surface area contributed by atoms with Gasteiger partial charge in [0.25, 0.3) is 0 Å². The van der Waals surface area contributed by atoms with Crippen LogP contribution in [0.1, 0.15) is 5.56 Å². The van der Waals surface area contributed by atoms with Gasteiger partial charge in [0.2, 0.25) is 5.91 Å². The van der Waals surface area contributed by atoms with Crippen molar-refractivity contribution in [1.29, 1.82) is 0 Å². The lowest BCUT2D eigenvalue weighted by Crippen LogP contribution is -2.11. The number of pyridine rings is 1. The first-order valence-electron chi connectivity index (χ1n) is 3.11. The fourth-order valence-electron chi connectivity index (χ4n) is 0.684.